The van der Waals surface area contributed by atoms with Gasteiger partial charge in [-0.05, 0) is 48.7 Å². The van der Waals surface area contributed by atoms with Crippen LogP contribution in [0.5, 0.6) is 0 Å². The molecule has 8 nitrogen and oxygen atoms in total. The summed E-state index contributed by atoms with van der Waals surface area (Å²) in [7, 11) is 0. The molecule has 4 rings (SSSR count). The van der Waals surface area contributed by atoms with Gasteiger partial charge in [0.05, 0.1) is 23.9 Å². The molecule has 10 heteroatoms. The topological polar surface area (TPSA) is 101 Å². The van der Waals surface area contributed by atoms with Crippen molar-refractivity contribution in [1.29, 1.82) is 0 Å². The summed E-state index contributed by atoms with van der Waals surface area (Å²) in [6, 6.07) is 14.3. The standard InChI is InChI=1S/C26H25ClFN3O5/c27-20-14-18(10-11-21(20)28)31(23(32)16-30-25(33)22-9-5-13-36-22)24(17-6-2-1-3-7-17)26(34)29-15-19-8-4-12-35-19/h1-3,5-7,9-11,13-14,19,24H,4,8,12,15-16H2,(H,29,34)(H,30,33)/t19-,24+/m1/s1. The number of nitrogens with zero attached hydrogens (tertiary/aromatic N) is 1. The third-order valence-electron chi connectivity index (χ3n) is 5.74. The first-order valence-corrected chi connectivity index (χ1v) is 11.8. The Balaban J connectivity index is 1.65. The van der Waals surface area contributed by atoms with Crippen LogP contribution in [-0.4, -0.2) is 43.5 Å². The molecular formula is C26H25ClFN3O5. The Kier molecular flexibility index (Phi) is 8.35. The first kappa shape index (κ1) is 25.4. The van der Waals surface area contributed by atoms with Crippen LogP contribution in [0, 0.1) is 5.82 Å². The number of furan rings is 1. The fourth-order valence-corrected chi connectivity index (χ4v) is 4.15. The maximum atomic E-state index is 14.0. The summed E-state index contributed by atoms with van der Waals surface area (Å²) < 4.78 is 24.6. The van der Waals surface area contributed by atoms with Crippen molar-refractivity contribution in [1.82, 2.24) is 10.6 Å². The molecule has 0 radical (unpaired) electrons. The average Bonchev–Trinajstić information content (AvgIpc) is 3.61. The molecule has 0 bridgehead atoms. The van der Waals surface area contributed by atoms with Crippen molar-refractivity contribution in [3.8, 4) is 0 Å². The van der Waals surface area contributed by atoms with Gasteiger partial charge in [0.25, 0.3) is 5.91 Å². The van der Waals surface area contributed by atoms with Crippen molar-refractivity contribution in [2.75, 3.05) is 24.6 Å². The van der Waals surface area contributed by atoms with Crippen LogP contribution < -0.4 is 15.5 Å². The van der Waals surface area contributed by atoms with Gasteiger partial charge in [0, 0.05) is 18.8 Å². The highest BCUT2D eigenvalue weighted by atomic mass is 35.5. The van der Waals surface area contributed by atoms with Crippen LogP contribution in [0.15, 0.2) is 71.3 Å². The molecule has 3 aromatic rings. The van der Waals surface area contributed by atoms with Gasteiger partial charge < -0.3 is 19.8 Å². The number of hydrogen-bond acceptors (Lipinski definition) is 5. The van der Waals surface area contributed by atoms with E-state index in [0.29, 0.717) is 12.2 Å². The summed E-state index contributed by atoms with van der Waals surface area (Å²) in [5.74, 6) is -2.29. The zero-order chi connectivity index (χ0) is 25.5. The van der Waals surface area contributed by atoms with Crippen LogP contribution in [0.1, 0.15) is 35.0 Å². The molecule has 1 fully saturated rings. The second-order valence-electron chi connectivity index (χ2n) is 8.22. The number of benzene rings is 2. The highest BCUT2D eigenvalue weighted by Gasteiger charge is 2.34. The first-order chi connectivity index (χ1) is 17.4. The van der Waals surface area contributed by atoms with Gasteiger partial charge in [0.15, 0.2) is 5.76 Å². The monoisotopic (exact) mass is 513 g/mol. The van der Waals surface area contributed by atoms with Crippen molar-refractivity contribution in [3.05, 3.63) is 89.1 Å². The largest absolute Gasteiger partial charge is 0.459 e. The molecule has 0 aliphatic carbocycles. The molecule has 2 aromatic carbocycles. The highest BCUT2D eigenvalue weighted by Crippen LogP contribution is 2.31. The summed E-state index contributed by atoms with van der Waals surface area (Å²) in [5, 5.41) is 5.16. The molecule has 1 aromatic heterocycles. The third kappa shape index (κ3) is 6.10. The van der Waals surface area contributed by atoms with Crippen LogP contribution in [0.4, 0.5) is 10.1 Å². The number of carbonyl (C=O) groups is 3. The van der Waals surface area contributed by atoms with E-state index in [2.05, 4.69) is 10.6 Å². The SMILES string of the molecule is O=C(NCC(=O)N(c1ccc(F)c(Cl)c1)[C@H](C(=O)NC[C@H]1CCCO1)c1ccccc1)c1ccco1. The molecule has 0 saturated carbocycles. The van der Waals surface area contributed by atoms with Gasteiger partial charge in [-0.3, -0.25) is 19.3 Å². The maximum Gasteiger partial charge on any atom is 0.287 e. The average molecular weight is 514 g/mol. The summed E-state index contributed by atoms with van der Waals surface area (Å²) in [6.07, 6.45) is 2.97. The quantitative estimate of drug-likeness (QED) is 0.452. The van der Waals surface area contributed by atoms with E-state index in [1.165, 1.54) is 29.4 Å². The number of amides is 3. The fourth-order valence-electron chi connectivity index (χ4n) is 3.98. The van der Waals surface area contributed by atoms with E-state index < -0.39 is 36.1 Å². The minimum Gasteiger partial charge on any atom is -0.459 e. The van der Waals surface area contributed by atoms with E-state index in [9.17, 15) is 18.8 Å². The zero-order valence-corrected chi connectivity index (χ0v) is 20.0. The Morgan fingerprint density at radius 3 is 2.56 bits per heavy atom. The zero-order valence-electron chi connectivity index (χ0n) is 19.3. The predicted octanol–water partition coefficient (Wildman–Crippen LogP) is 3.87. The third-order valence-corrected chi connectivity index (χ3v) is 6.03. The van der Waals surface area contributed by atoms with E-state index in [1.807, 2.05) is 0 Å². The number of nitrogens with one attached hydrogen (secondary N) is 2. The highest BCUT2D eigenvalue weighted by molar-refractivity contribution is 6.31. The van der Waals surface area contributed by atoms with Gasteiger partial charge in [-0.25, -0.2) is 4.39 Å². The molecule has 188 valence electrons. The van der Waals surface area contributed by atoms with Gasteiger partial charge >= 0.3 is 0 Å². The number of hydrogen-bond donors (Lipinski definition) is 2. The molecule has 2 N–H and O–H groups in total. The van der Waals surface area contributed by atoms with Crippen LogP contribution in [0.25, 0.3) is 0 Å². The van der Waals surface area contributed by atoms with Gasteiger partial charge in [-0.15, -0.1) is 0 Å². The molecule has 36 heavy (non-hydrogen) atoms. The first-order valence-electron chi connectivity index (χ1n) is 11.5. The smallest absolute Gasteiger partial charge is 0.287 e. The second kappa shape index (κ2) is 11.8. The van der Waals surface area contributed by atoms with Gasteiger partial charge in [-0.1, -0.05) is 41.9 Å². The van der Waals surface area contributed by atoms with Crippen molar-refractivity contribution >= 4 is 35.0 Å². The number of carbonyl (C=O) groups excluding carboxylic acids is 3. The van der Waals surface area contributed by atoms with Crippen molar-refractivity contribution in [3.63, 3.8) is 0 Å². The summed E-state index contributed by atoms with van der Waals surface area (Å²) in [6.45, 7) is 0.469. The van der Waals surface area contributed by atoms with Crippen molar-refractivity contribution < 1.29 is 27.9 Å². The van der Waals surface area contributed by atoms with Crippen LogP contribution in [0.3, 0.4) is 0 Å². The number of anilines is 1. The van der Waals surface area contributed by atoms with E-state index >= 15 is 0 Å². The lowest BCUT2D eigenvalue weighted by Crippen LogP contribution is -2.48. The second-order valence-corrected chi connectivity index (χ2v) is 8.62. The molecule has 0 spiro atoms. The minimum absolute atomic E-state index is 0.0353. The molecular weight excluding hydrogens is 489 g/mol. The van der Waals surface area contributed by atoms with E-state index in [4.69, 9.17) is 20.8 Å². The van der Waals surface area contributed by atoms with Crippen molar-refractivity contribution in [2.24, 2.45) is 0 Å². The predicted molar refractivity (Wildman–Crippen MR) is 131 cm³/mol. The Hall–Kier alpha value is -3.69. The van der Waals surface area contributed by atoms with E-state index in [-0.39, 0.29) is 29.1 Å². The summed E-state index contributed by atoms with van der Waals surface area (Å²) >= 11 is 6.02. The Labute approximate surface area is 212 Å². The molecule has 1 saturated heterocycles. The van der Waals surface area contributed by atoms with Crippen LogP contribution in [0.2, 0.25) is 5.02 Å². The van der Waals surface area contributed by atoms with Gasteiger partial charge in [0.2, 0.25) is 11.8 Å². The molecule has 0 unspecified atom stereocenters. The number of halogens is 2. The van der Waals surface area contributed by atoms with E-state index in [0.717, 1.165) is 18.9 Å². The normalized spacial score (nSPS) is 15.8. The molecule has 2 heterocycles. The summed E-state index contributed by atoms with van der Waals surface area (Å²) in [4.78, 5) is 40.6. The molecule has 2 atom stereocenters. The minimum atomic E-state index is -1.12. The summed E-state index contributed by atoms with van der Waals surface area (Å²) in [5.41, 5.74) is 0.716. The lowest BCUT2D eigenvalue weighted by Gasteiger charge is -2.32. The van der Waals surface area contributed by atoms with E-state index in [1.54, 1.807) is 36.4 Å². The lowest BCUT2D eigenvalue weighted by molar-refractivity contribution is -0.126. The fraction of sp³-hybridized carbons (Fsp3) is 0.269. The lowest BCUT2D eigenvalue weighted by atomic mass is 10.0. The Bertz CT molecular complexity index is 1200. The van der Waals surface area contributed by atoms with Crippen LogP contribution in [-0.2, 0) is 14.3 Å². The number of rotatable bonds is 9. The maximum absolute atomic E-state index is 14.0. The van der Waals surface area contributed by atoms with Crippen LogP contribution >= 0.6 is 11.6 Å². The van der Waals surface area contributed by atoms with Gasteiger partial charge in [0.1, 0.15) is 11.9 Å². The van der Waals surface area contributed by atoms with Gasteiger partial charge in [-0.2, -0.15) is 0 Å². The molecule has 3 amide bonds. The van der Waals surface area contributed by atoms with Crippen molar-refractivity contribution in [2.45, 2.75) is 25.0 Å². The Morgan fingerprint density at radius 2 is 1.89 bits per heavy atom. The molecule has 1 aliphatic heterocycles. The number of ether oxygens (including phenoxy) is 1. The Morgan fingerprint density at radius 1 is 1.08 bits per heavy atom. The molecule has 1 aliphatic rings.